The molecule has 0 atom stereocenters. The van der Waals surface area contributed by atoms with E-state index in [0.29, 0.717) is 16.8 Å². The van der Waals surface area contributed by atoms with Crippen LogP contribution in [0.5, 0.6) is 5.75 Å². The molecule has 2 aromatic carbocycles. The number of carbonyl (C=O) groups is 2. The molecule has 0 unspecified atom stereocenters. The summed E-state index contributed by atoms with van der Waals surface area (Å²) < 4.78 is 7.31. The number of aromatic amines is 1. The Labute approximate surface area is 184 Å². The van der Waals surface area contributed by atoms with E-state index in [-0.39, 0.29) is 17.3 Å². The van der Waals surface area contributed by atoms with Crippen LogP contribution in [0.15, 0.2) is 53.7 Å². The van der Waals surface area contributed by atoms with Crippen molar-refractivity contribution in [2.24, 2.45) is 0 Å². The van der Waals surface area contributed by atoms with E-state index < -0.39 is 0 Å². The monoisotopic (exact) mass is 433 g/mol. The first-order chi connectivity index (χ1) is 14.9. The smallest absolute Gasteiger partial charge is 0.189 e. The van der Waals surface area contributed by atoms with E-state index in [1.165, 1.54) is 18.7 Å². The van der Waals surface area contributed by atoms with Crippen LogP contribution in [0.3, 0.4) is 0 Å². The molecule has 0 amide bonds. The number of ketones is 2. The highest BCUT2D eigenvalue weighted by molar-refractivity contribution is 7.99. The maximum absolute atomic E-state index is 13.0. The van der Waals surface area contributed by atoms with Crippen LogP contribution in [0.4, 0.5) is 0 Å². The molecule has 0 aliphatic rings. The van der Waals surface area contributed by atoms with Crippen LogP contribution in [0.2, 0.25) is 0 Å². The van der Waals surface area contributed by atoms with Gasteiger partial charge in [-0.3, -0.25) is 14.2 Å². The number of aryl methyl sites for hydroxylation is 1. The molecular weight excluding hydrogens is 410 g/mol. The molecule has 0 aliphatic heterocycles. The SMILES string of the molecule is COc1ccc(-n2c(SCC(=O)c3[nH]c(C)c(C(C)=O)c3C)nc3ccccc32)cc1. The first kappa shape index (κ1) is 20.9. The molecule has 0 fully saturated rings. The van der Waals surface area contributed by atoms with E-state index >= 15 is 0 Å². The highest BCUT2D eigenvalue weighted by atomic mass is 32.2. The van der Waals surface area contributed by atoms with Crippen LogP contribution in [0.1, 0.15) is 39.0 Å². The quantitative estimate of drug-likeness (QED) is 0.322. The molecule has 0 bridgehead atoms. The number of Topliss-reactive ketones (excluding diaryl/α,β-unsaturated/α-hetero) is 2. The van der Waals surface area contributed by atoms with Crippen molar-refractivity contribution in [3.8, 4) is 11.4 Å². The predicted molar refractivity (Wildman–Crippen MR) is 123 cm³/mol. The zero-order valence-electron chi connectivity index (χ0n) is 17.9. The minimum Gasteiger partial charge on any atom is -0.497 e. The van der Waals surface area contributed by atoms with Gasteiger partial charge in [0.2, 0.25) is 0 Å². The molecule has 7 heteroatoms. The third-order valence-corrected chi connectivity index (χ3v) is 6.20. The number of hydrogen-bond acceptors (Lipinski definition) is 5. The Morgan fingerprint density at radius 2 is 1.81 bits per heavy atom. The number of hydrogen-bond donors (Lipinski definition) is 1. The number of carbonyl (C=O) groups excluding carboxylic acids is 2. The Morgan fingerprint density at radius 3 is 2.45 bits per heavy atom. The number of benzene rings is 2. The van der Waals surface area contributed by atoms with Gasteiger partial charge in [-0.15, -0.1) is 0 Å². The standard InChI is InChI=1S/C24H23N3O3S/c1-14-22(16(3)28)15(2)25-23(14)21(29)13-31-24-26-19-7-5-6-8-20(19)27(24)17-9-11-18(30-4)12-10-17/h5-12,25H,13H2,1-4H3. The number of para-hydroxylation sites is 2. The zero-order chi connectivity index (χ0) is 22.1. The topological polar surface area (TPSA) is 77.0 Å². The number of aromatic nitrogens is 3. The molecule has 2 heterocycles. The number of H-pyrrole nitrogens is 1. The summed E-state index contributed by atoms with van der Waals surface area (Å²) in [6.07, 6.45) is 0. The number of nitrogens with zero attached hydrogens (tertiary/aromatic N) is 2. The summed E-state index contributed by atoms with van der Waals surface area (Å²) in [7, 11) is 1.64. The van der Waals surface area contributed by atoms with Crippen LogP contribution in [0.25, 0.3) is 16.7 Å². The largest absolute Gasteiger partial charge is 0.497 e. The normalized spacial score (nSPS) is 11.1. The summed E-state index contributed by atoms with van der Waals surface area (Å²) in [5.41, 5.74) is 5.28. The first-order valence-corrected chi connectivity index (χ1v) is 10.9. The molecule has 0 saturated carbocycles. The van der Waals surface area contributed by atoms with Crippen molar-refractivity contribution >= 4 is 34.4 Å². The molecule has 4 aromatic rings. The van der Waals surface area contributed by atoms with Gasteiger partial charge in [0.1, 0.15) is 5.75 Å². The van der Waals surface area contributed by atoms with Crippen molar-refractivity contribution in [3.63, 3.8) is 0 Å². The van der Waals surface area contributed by atoms with Crippen LogP contribution in [-0.4, -0.2) is 39.0 Å². The Hall–Kier alpha value is -3.32. The molecule has 1 N–H and O–H groups in total. The Balaban J connectivity index is 1.67. The third kappa shape index (κ3) is 3.88. The summed E-state index contributed by atoms with van der Waals surface area (Å²) in [5, 5.41) is 0.729. The fourth-order valence-electron chi connectivity index (χ4n) is 3.84. The van der Waals surface area contributed by atoms with E-state index in [9.17, 15) is 9.59 Å². The molecular formula is C24H23N3O3S. The molecule has 4 rings (SSSR count). The van der Waals surface area contributed by atoms with E-state index in [4.69, 9.17) is 9.72 Å². The molecule has 0 aliphatic carbocycles. The van der Waals surface area contributed by atoms with Crippen LogP contribution >= 0.6 is 11.8 Å². The van der Waals surface area contributed by atoms with Crippen molar-refractivity contribution in [2.45, 2.75) is 25.9 Å². The second-order valence-corrected chi connectivity index (χ2v) is 8.25. The molecule has 158 valence electrons. The number of ether oxygens (including phenoxy) is 1. The van der Waals surface area contributed by atoms with E-state index in [1.54, 1.807) is 7.11 Å². The van der Waals surface area contributed by atoms with Crippen LogP contribution in [-0.2, 0) is 0 Å². The van der Waals surface area contributed by atoms with Gasteiger partial charge >= 0.3 is 0 Å². The van der Waals surface area contributed by atoms with E-state index in [1.807, 2.05) is 66.9 Å². The van der Waals surface area contributed by atoms with Gasteiger partial charge in [0.05, 0.1) is 29.6 Å². The highest BCUT2D eigenvalue weighted by Gasteiger charge is 2.21. The maximum Gasteiger partial charge on any atom is 0.189 e. The third-order valence-electron chi connectivity index (χ3n) is 5.26. The lowest BCUT2D eigenvalue weighted by Gasteiger charge is -2.10. The van der Waals surface area contributed by atoms with Gasteiger partial charge in [0.25, 0.3) is 0 Å². The Morgan fingerprint density at radius 1 is 1.10 bits per heavy atom. The van der Waals surface area contributed by atoms with Crippen LogP contribution in [0, 0.1) is 13.8 Å². The molecule has 0 radical (unpaired) electrons. The van der Waals surface area contributed by atoms with Gasteiger partial charge in [-0.25, -0.2) is 4.98 Å². The Kier molecular flexibility index (Phi) is 5.69. The second-order valence-electron chi connectivity index (χ2n) is 7.31. The van der Waals surface area contributed by atoms with E-state index in [0.717, 1.165) is 33.3 Å². The summed E-state index contributed by atoms with van der Waals surface area (Å²) in [4.78, 5) is 32.7. The summed E-state index contributed by atoms with van der Waals surface area (Å²) in [6, 6.07) is 15.6. The number of rotatable bonds is 7. The predicted octanol–water partition coefficient (Wildman–Crippen LogP) is 5.16. The number of methoxy groups -OCH3 is 1. The van der Waals surface area contributed by atoms with Crippen molar-refractivity contribution in [1.82, 2.24) is 14.5 Å². The van der Waals surface area contributed by atoms with Gasteiger partial charge in [-0.1, -0.05) is 23.9 Å². The number of nitrogens with one attached hydrogen (secondary N) is 1. The minimum atomic E-state index is -0.0635. The van der Waals surface area contributed by atoms with Gasteiger partial charge in [-0.2, -0.15) is 0 Å². The average Bonchev–Trinajstić information content (AvgIpc) is 3.28. The maximum atomic E-state index is 13.0. The summed E-state index contributed by atoms with van der Waals surface area (Å²) in [5.74, 6) is 0.875. The molecule has 0 saturated heterocycles. The lowest BCUT2D eigenvalue weighted by molar-refractivity contribution is 0.101. The average molecular weight is 434 g/mol. The van der Waals surface area contributed by atoms with Crippen molar-refractivity contribution < 1.29 is 14.3 Å². The lowest BCUT2D eigenvalue weighted by atomic mass is 10.1. The number of fused-ring (bicyclic) bond motifs is 1. The zero-order valence-corrected chi connectivity index (χ0v) is 18.7. The van der Waals surface area contributed by atoms with E-state index in [2.05, 4.69) is 4.98 Å². The first-order valence-electron chi connectivity index (χ1n) is 9.88. The molecule has 0 spiro atoms. The molecule has 6 nitrogen and oxygen atoms in total. The van der Waals surface area contributed by atoms with Gasteiger partial charge in [0, 0.05) is 16.9 Å². The minimum absolute atomic E-state index is 0.0424. The van der Waals surface area contributed by atoms with Gasteiger partial charge in [0.15, 0.2) is 16.7 Å². The van der Waals surface area contributed by atoms with Crippen molar-refractivity contribution in [2.75, 3.05) is 12.9 Å². The number of thioether (sulfide) groups is 1. The molecule has 2 aromatic heterocycles. The lowest BCUT2D eigenvalue weighted by Crippen LogP contribution is -2.07. The summed E-state index contributed by atoms with van der Waals surface area (Å²) >= 11 is 1.38. The highest BCUT2D eigenvalue weighted by Crippen LogP contribution is 2.30. The Bertz CT molecular complexity index is 1290. The van der Waals surface area contributed by atoms with Crippen molar-refractivity contribution in [1.29, 1.82) is 0 Å². The fraction of sp³-hybridized carbons (Fsp3) is 0.208. The van der Waals surface area contributed by atoms with Gasteiger partial charge < -0.3 is 9.72 Å². The fourth-order valence-corrected chi connectivity index (χ4v) is 4.74. The second kappa shape index (κ2) is 8.43. The van der Waals surface area contributed by atoms with Crippen LogP contribution < -0.4 is 4.74 Å². The summed E-state index contributed by atoms with van der Waals surface area (Å²) in [6.45, 7) is 5.14. The van der Waals surface area contributed by atoms with Crippen molar-refractivity contribution in [3.05, 3.63) is 71.0 Å². The number of imidazole rings is 1. The van der Waals surface area contributed by atoms with Gasteiger partial charge in [-0.05, 0) is 62.7 Å². The molecule has 31 heavy (non-hydrogen) atoms.